The van der Waals surface area contributed by atoms with Crippen LogP contribution in [0.2, 0.25) is 0 Å². The number of halogens is 4. The largest absolute Gasteiger partial charge is 0.454 e. The summed E-state index contributed by atoms with van der Waals surface area (Å²) in [6.45, 7) is 0. The molecule has 86 valence electrons. The molecule has 0 fully saturated rings. The first kappa shape index (κ1) is 14.0. The van der Waals surface area contributed by atoms with Crippen LogP contribution in [0.25, 0.3) is 0 Å². The Morgan fingerprint density at radius 2 is 1.93 bits per heavy atom. The van der Waals surface area contributed by atoms with Crippen LogP contribution in [0.3, 0.4) is 0 Å². The fourth-order valence-corrected chi connectivity index (χ4v) is 0.776. The highest BCUT2D eigenvalue weighted by atomic mass is 35.5. The summed E-state index contributed by atoms with van der Waals surface area (Å²) in [5.74, 6) is -2.39. The molecule has 0 aromatic carbocycles. The number of alkyl halides is 4. The van der Waals surface area contributed by atoms with Crippen LogP contribution < -0.4 is 0 Å². The van der Waals surface area contributed by atoms with E-state index >= 15 is 0 Å². The minimum absolute atomic E-state index is 0.00258. The van der Waals surface area contributed by atoms with Crippen molar-refractivity contribution in [2.45, 2.75) is 12.6 Å². The third-order valence-electron chi connectivity index (χ3n) is 1.43. The molecule has 0 unspecified atom stereocenters. The average Bonchev–Trinajstić information content (AvgIpc) is 2.12. The molecule has 7 heteroatoms. The van der Waals surface area contributed by atoms with E-state index in [-0.39, 0.29) is 12.3 Å². The van der Waals surface area contributed by atoms with E-state index in [1.165, 1.54) is 7.05 Å². The van der Waals surface area contributed by atoms with Gasteiger partial charge < -0.3 is 4.90 Å². The zero-order valence-electron chi connectivity index (χ0n) is 7.84. The molecule has 0 aliphatic heterocycles. The van der Waals surface area contributed by atoms with Crippen LogP contribution in [0.1, 0.15) is 6.42 Å². The molecule has 3 nitrogen and oxygen atoms in total. The highest BCUT2D eigenvalue weighted by molar-refractivity contribution is 6.18. The second-order valence-electron chi connectivity index (χ2n) is 2.62. The fourth-order valence-electron chi connectivity index (χ4n) is 0.614. The molecule has 0 bridgehead atoms. The number of carbonyl (C=O) groups is 2. The highest BCUT2D eigenvalue weighted by Crippen LogP contribution is 2.16. The van der Waals surface area contributed by atoms with Gasteiger partial charge in [-0.05, 0) is 0 Å². The Labute approximate surface area is 89.5 Å². The first-order chi connectivity index (χ1) is 6.79. The van der Waals surface area contributed by atoms with Crippen molar-refractivity contribution < 1.29 is 22.8 Å². The zero-order valence-corrected chi connectivity index (χ0v) is 8.60. The summed E-state index contributed by atoms with van der Waals surface area (Å²) in [4.78, 5) is 22.3. The molecule has 0 aromatic rings. The Bertz CT molecular complexity index is 276. The van der Waals surface area contributed by atoms with Crippen molar-refractivity contribution in [1.29, 1.82) is 0 Å². The minimum Gasteiger partial charge on any atom is -0.322 e. The molecule has 15 heavy (non-hydrogen) atoms. The Kier molecular flexibility index (Phi) is 5.35. The summed E-state index contributed by atoms with van der Waals surface area (Å²) >= 11 is 5.26. The molecule has 0 rings (SSSR count). The van der Waals surface area contributed by atoms with E-state index in [4.69, 9.17) is 11.6 Å². The van der Waals surface area contributed by atoms with E-state index in [0.29, 0.717) is 6.08 Å². The number of ketones is 1. The molecule has 0 radical (unpaired) electrons. The molecular formula is C8H9ClF3NO2. The number of rotatable bonds is 4. The molecule has 0 spiro atoms. The summed E-state index contributed by atoms with van der Waals surface area (Å²) < 4.78 is 35.2. The Morgan fingerprint density at radius 1 is 1.40 bits per heavy atom. The van der Waals surface area contributed by atoms with Gasteiger partial charge in [0.1, 0.15) is 0 Å². The molecule has 0 aliphatic rings. The monoisotopic (exact) mass is 243 g/mol. The van der Waals surface area contributed by atoms with Crippen LogP contribution >= 0.6 is 11.6 Å². The van der Waals surface area contributed by atoms with Crippen LogP contribution in [0.5, 0.6) is 0 Å². The second-order valence-corrected chi connectivity index (χ2v) is 3.00. The van der Waals surface area contributed by atoms with Crippen molar-refractivity contribution in [3.63, 3.8) is 0 Å². The SMILES string of the molecule is CN(/C=C/C(=O)C(F)(F)F)C(=O)CCCl. The van der Waals surface area contributed by atoms with E-state index in [0.717, 1.165) is 11.1 Å². The normalized spacial score (nSPS) is 11.8. The van der Waals surface area contributed by atoms with E-state index in [1.807, 2.05) is 0 Å². The molecule has 0 atom stereocenters. The molecule has 0 aliphatic carbocycles. The lowest BCUT2D eigenvalue weighted by Gasteiger charge is -2.10. The fraction of sp³-hybridized carbons (Fsp3) is 0.500. The van der Waals surface area contributed by atoms with Crippen molar-refractivity contribution in [3.05, 3.63) is 12.3 Å². The van der Waals surface area contributed by atoms with Gasteiger partial charge >= 0.3 is 6.18 Å². The maximum Gasteiger partial charge on any atom is 0.454 e. The van der Waals surface area contributed by atoms with Gasteiger partial charge in [-0.15, -0.1) is 11.6 Å². The van der Waals surface area contributed by atoms with Crippen molar-refractivity contribution in [2.24, 2.45) is 0 Å². The van der Waals surface area contributed by atoms with Crippen LogP contribution in [-0.4, -0.2) is 35.7 Å². The number of amides is 1. The number of hydrogen-bond acceptors (Lipinski definition) is 2. The third kappa shape index (κ3) is 5.41. The molecule has 0 saturated heterocycles. The van der Waals surface area contributed by atoms with Gasteiger partial charge in [0.05, 0.1) is 0 Å². The van der Waals surface area contributed by atoms with Crippen LogP contribution in [-0.2, 0) is 9.59 Å². The van der Waals surface area contributed by atoms with Gasteiger partial charge in [-0.3, -0.25) is 9.59 Å². The molecule has 0 saturated carbocycles. The van der Waals surface area contributed by atoms with Gasteiger partial charge in [-0.25, -0.2) is 0 Å². The maximum atomic E-state index is 11.7. The number of allylic oxidation sites excluding steroid dienone is 1. The van der Waals surface area contributed by atoms with Crippen LogP contribution in [0.15, 0.2) is 12.3 Å². The standard InChI is InChI=1S/C8H9ClF3NO2/c1-13(7(15)2-4-9)5-3-6(14)8(10,11)12/h3,5H,2,4H2,1H3/b5-3+. The van der Waals surface area contributed by atoms with E-state index in [2.05, 4.69) is 0 Å². The van der Waals surface area contributed by atoms with Crippen LogP contribution in [0.4, 0.5) is 13.2 Å². The van der Waals surface area contributed by atoms with Gasteiger partial charge in [0, 0.05) is 31.6 Å². The van der Waals surface area contributed by atoms with Gasteiger partial charge in [-0.1, -0.05) is 0 Å². The molecule has 0 N–H and O–H groups in total. The maximum absolute atomic E-state index is 11.7. The number of nitrogens with zero attached hydrogens (tertiary/aromatic N) is 1. The van der Waals surface area contributed by atoms with Gasteiger partial charge in [0.2, 0.25) is 5.91 Å². The first-order valence-electron chi connectivity index (χ1n) is 3.90. The first-order valence-corrected chi connectivity index (χ1v) is 4.43. The minimum atomic E-state index is -4.91. The van der Waals surface area contributed by atoms with E-state index in [1.54, 1.807) is 0 Å². The lowest BCUT2D eigenvalue weighted by atomic mass is 10.3. The average molecular weight is 244 g/mol. The quantitative estimate of drug-likeness (QED) is 0.557. The van der Waals surface area contributed by atoms with E-state index < -0.39 is 17.9 Å². The van der Waals surface area contributed by atoms with Crippen LogP contribution in [0, 0.1) is 0 Å². The van der Waals surface area contributed by atoms with Crippen molar-refractivity contribution in [3.8, 4) is 0 Å². The Balaban J connectivity index is 4.29. The van der Waals surface area contributed by atoms with E-state index in [9.17, 15) is 22.8 Å². The van der Waals surface area contributed by atoms with Crippen molar-refractivity contribution in [2.75, 3.05) is 12.9 Å². The predicted molar refractivity (Wildman–Crippen MR) is 48.3 cm³/mol. The summed E-state index contributed by atoms with van der Waals surface area (Å²) in [6, 6.07) is 0. The lowest BCUT2D eigenvalue weighted by Crippen LogP contribution is -2.24. The summed E-state index contributed by atoms with van der Waals surface area (Å²) in [7, 11) is 1.25. The highest BCUT2D eigenvalue weighted by Gasteiger charge is 2.36. The topological polar surface area (TPSA) is 37.4 Å². The molecule has 0 aromatic heterocycles. The number of hydrogen-bond donors (Lipinski definition) is 0. The summed E-state index contributed by atoms with van der Waals surface area (Å²) in [5.41, 5.74) is 0. The third-order valence-corrected chi connectivity index (χ3v) is 1.62. The van der Waals surface area contributed by atoms with Gasteiger partial charge in [0.15, 0.2) is 0 Å². The zero-order chi connectivity index (χ0) is 12.1. The molecule has 0 heterocycles. The Morgan fingerprint density at radius 3 is 2.33 bits per heavy atom. The Hall–Kier alpha value is -1.04. The summed E-state index contributed by atoms with van der Waals surface area (Å²) in [5, 5.41) is 0. The smallest absolute Gasteiger partial charge is 0.322 e. The number of carbonyl (C=O) groups excluding carboxylic acids is 2. The molecular weight excluding hydrogens is 235 g/mol. The van der Waals surface area contributed by atoms with Gasteiger partial charge in [0.25, 0.3) is 5.78 Å². The summed E-state index contributed by atoms with van der Waals surface area (Å²) in [6.07, 6.45) is -3.84. The predicted octanol–water partition coefficient (Wildman–Crippen LogP) is 1.72. The lowest BCUT2D eigenvalue weighted by molar-refractivity contribution is -0.165. The molecule has 1 amide bonds. The van der Waals surface area contributed by atoms with Gasteiger partial charge in [-0.2, -0.15) is 13.2 Å². The van der Waals surface area contributed by atoms with Crippen molar-refractivity contribution in [1.82, 2.24) is 4.90 Å². The van der Waals surface area contributed by atoms with Crippen molar-refractivity contribution >= 4 is 23.3 Å². The second kappa shape index (κ2) is 5.75.